The van der Waals surface area contributed by atoms with E-state index in [2.05, 4.69) is 11.4 Å². The third-order valence-corrected chi connectivity index (χ3v) is 4.66. The topological polar surface area (TPSA) is 96.3 Å². The zero-order chi connectivity index (χ0) is 15.5. The van der Waals surface area contributed by atoms with Crippen LogP contribution in [0, 0.1) is 16.7 Å². The number of anilines is 1. The summed E-state index contributed by atoms with van der Waals surface area (Å²) in [5.41, 5.74) is -0.609. The van der Waals surface area contributed by atoms with Gasteiger partial charge in [-0.25, -0.2) is 8.42 Å². The summed E-state index contributed by atoms with van der Waals surface area (Å²) in [6.45, 7) is 0.766. The van der Waals surface area contributed by atoms with E-state index in [-0.39, 0.29) is 10.8 Å². The summed E-state index contributed by atoms with van der Waals surface area (Å²) >= 11 is 0. The molecule has 0 bridgehead atoms. The number of nitriles is 1. The SMILES string of the molecule is CS(=O)(=O)c1ccc(NC(=O)C2(C#N)CCOCC2)cc1. The molecule has 6 nitrogen and oxygen atoms in total. The van der Waals surface area contributed by atoms with E-state index in [1.54, 1.807) is 0 Å². The maximum Gasteiger partial charge on any atom is 0.245 e. The molecule has 1 fully saturated rings. The predicted molar refractivity (Wildman–Crippen MR) is 76.3 cm³/mol. The van der Waals surface area contributed by atoms with E-state index in [9.17, 15) is 18.5 Å². The third-order valence-electron chi connectivity index (χ3n) is 3.54. The number of carbonyl (C=O) groups excluding carboxylic acids is 1. The summed E-state index contributed by atoms with van der Waals surface area (Å²) in [5.74, 6) is -0.375. The molecule has 0 spiro atoms. The molecule has 2 rings (SSSR count). The van der Waals surface area contributed by atoms with Crippen LogP contribution in [0.25, 0.3) is 0 Å². The van der Waals surface area contributed by atoms with Crippen LogP contribution in [0.3, 0.4) is 0 Å². The fourth-order valence-electron chi connectivity index (χ4n) is 2.15. The van der Waals surface area contributed by atoms with Gasteiger partial charge in [-0.15, -0.1) is 0 Å². The van der Waals surface area contributed by atoms with E-state index < -0.39 is 15.3 Å². The molecule has 0 atom stereocenters. The van der Waals surface area contributed by atoms with Crippen LogP contribution in [0.2, 0.25) is 0 Å². The Kier molecular flexibility index (Phi) is 4.30. The minimum Gasteiger partial charge on any atom is -0.381 e. The van der Waals surface area contributed by atoms with Crippen molar-refractivity contribution >= 4 is 21.4 Å². The largest absolute Gasteiger partial charge is 0.381 e. The number of amides is 1. The smallest absolute Gasteiger partial charge is 0.245 e. The van der Waals surface area contributed by atoms with E-state index in [0.717, 1.165) is 6.26 Å². The number of rotatable bonds is 3. The summed E-state index contributed by atoms with van der Waals surface area (Å²) in [5, 5.41) is 12.0. The van der Waals surface area contributed by atoms with Crippen LogP contribution in [-0.2, 0) is 19.4 Å². The second-order valence-corrected chi connectivity index (χ2v) is 7.07. The molecule has 1 amide bonds. The van der Waals surface area contributed by atoms with Gasteiger partial charge in [-0.1, -0.05) is 0 Å². The number of hydrogen-bond donors (Lipinski definition) is 1. The van der Waals surface area contributed by atoms with Gasteiger partial charge in [0.1, 0.15) is 5.41 Å². The van der Waals surface area contributed by atoms with Crippen LogP contribution in [-0.4, -0.2) is 33.8 Å². The average molecular weight is 308 g/mol. The molecule has 1 N–H and O–H groups in total. The zero-order valence-electron chi connectivity index (χ0n) is 11.6. The van der Waals surface area contributed by atoms with Gasteiger partial charge in [0.2, 0.25) is 5.91 Å². The number of ether oxygens (including phenoxy) is 1. The van der Waals surface area contributed by atoms with Crippen molar-refractivity contribution in [3.63, 3.8) is 0 Å². The van der Waals surface area contributed by atoms with Crippen molar-refractivity contribution in [2.24, 2.45) is 5.41 Å². The van der Waals surface area contributed by atoms with Gasteiger partial charge in [-0.3, -0.25) is 4.79 Å². The molecule has 0 aromatic heterocycles. The summed E-state index contributed by atoms with van der Waals surface area (Å²) in [6.07, 6.45) is 1.83. The maximum atomic E-state index is 12.3. The molecule has 1 aromatic carbocycles. The van der Waals surface area contributed by atoms with Crippen LogP contribution >= 0.6 is 0 Å². The molecule has 0 radical (unpaired) electrons. The molecule has 1 saturated heterocycles. The number of sulfone groups is 1. The van der Waals surface area contributed by atoms with Crippen molar-refractivity contribution in [3.05, 3.63) is 24.3 Å². The van der Waals surface area contributed by atoms with Gasteiger partial charge in [0.05, 0.1) is 11.0 Å². The van der Waals surface area contributed by atoms with E-state index >= 15 is 0 Å². The highest BCUT2D eigenvalue weighted by Crippen LogP contribution is 2.31. The van der Waals surface area contributed by atoms with Gasteiger partial charge in [0.15, 0.2) is 9.84 Å². The fraction of sp³-hybridized carbons (Fsp3) is 0.429. The summed E-state index contributed by atoms with van der Waals surface area (Å²) < 4.78 is 27.9. The Morgan fingerprint density at radius 3 is 2.33 bits per heavy atom. The standard InChI is InChI=1S/C14H16N2O4S/c1-21(18,19)12-4-2-11(3-5-12)16-13(17)14(10-15)6-8-20-9-7-14/h2-5H,6-9H2,1H3,(H,16,17). The van der Waals surface area contributed by atoms with Gasteiger partial charge in [-0.2, -0.15) is 5.26 Å². The van der Waals surface area contributed by atoms with Crippen molar-refractivity contribution in [2.75, 3.05) is 24.8 Å². The Hall–Kier alpha value is -1.91. The minimum absolute atomic E-state index is 0.182. The molecule has 0 unspecified atom stereocenters. The van der Waals surface area contributed by atoms with Gasteiger partial charge < -0.3 is 10.1 Å². The first kappa shape index (κ1) is 15.5. The fourth-order valence-corrected chi connectivity index (χ4v) is 2.78. The van der Waals surface area contributed by atoms with E-state index in [1.165, 1.54) is 24.3 Å². The summed E-state index contributed by atoms with van der Waals surface area (Å²) in [7, 11) is -3.27. The minimum atomic E-state index is -3.27. The molecule has 0 saturated carbocycles. The van der Waals surface area contributed by atoms with E-state index in [1.807, 2.05) is 0 Å². The van der Waals surface area contributed by atoms with Gasteiger partial charge in [0, 0.05) is 25.2 Å². The molecule has 7 heteroatoms. The molecule has 21 heavy (non-hydrogen) atoms. The Balaban J connectivity index is 2.14. The van der Waals surface area contributed by atoms with Gasteiger partial charge in [0.25, 0.3) is 0 Å². The van der Waals surface area contributed by atoms with E-state index in [4.69, 9.17) is 4.74 Å². The van der Waals surface area contributed by atoms with Crippen molar-refractivity contribution in [3.8, 4) is 6.07 Å². The molecule has 112 valence electrons. The molecule has 1 aromatic rings. The number of nitrogens with zero attached hydrogens (tertiary/aromatic N) is 1. The normalized spacial score (nSPS) is 17.7. The van der Waals surface area contributed by atoms with Crippen molar-refractivity contribution in [1.82, 2.24) is 0 Å². The van der Waals surface area contributed by atoms with E-state index in [0.29, 0.717) is 31.7 Å². The monoisotopic (exact) mass is 308 g/mol. The second-order valence-electron chi connectivity index (χ2n) is 5.06. The number of nitrogens with one attached hydrogen (secondary N) is 1. The molecule has 0 aliphatic carbocycles. The zero-order valence-corrected chi connectivity index (χ0v) is 12.4. The molecule has 1 aliphatic heterocycles. The van der Waals surface area contributed by atoms with Crippen LogP contribution in [0.4, 0.5) is 5.69 Å². The molecular formula is C14H16N2O4S. The Bertz CT molecular complexity index is 668. The van der Waals surface area contributed by atoms with Crippen LogP contribution in [0.15, 0.2) is 29.2 Å². The average Bonchev–Trinajstić information content (AvgIpc) is 2.47. The number of hydrogen-bond acceptors (Lipinski definition) is 5. The van der Waals surface area contributed by atoms with Crippen molar-refractivity contribution in [1.29, 1.82) is 5.26 Å². The first-order valence-corrected chi connectivity index (χ1v) is 8.37. The van der Waals surface area contributed by atoms with Gasteiger partial charge in [-0.05, 0) is 37.1 Å². The predicted octanol–water partition coefficient (Wildman–Crippen LogP) is 1.35. The second kappa shape index (κ2) is 5.84. The summed E-state index contributed by atoms with van der Waals surface area (Å²) in [4.78, 5) is 12.5. The third kappa shape index (κ3) is 3.40. The highest BCUT2D eigenvalue weighted by Gasteiger charge is 2.40. The van der Waals surface area contributed by atoms with Crippen molar-refractivity contribution in [2.45, 2.75) is 17.7 Å². The van der Waals surface area contributed by atoms with Crippen LogP contribution < -0.4 is 5.32 Å². The number of benzene rings is 1. The van der Waals surface area contributed by atoms with Crippen LogP contribution in [0.5, 0.6) is 0 Å². The molecule has 1 aliphatic rings. The van der Waals surface area contributed by atoms with Gasteiger partial charge >= 0.3 is 0 Å². The summed E-state index contributed by atoms with van der Waals surface area (Å²) in [6, 6.07) is 7.96. The lowest BCUT2D eigenvalue weighted by Gasteiger charge is -2.29. The first-order chi connectivity index (χ1) is 9.87. The lowest BCUT2D eigenvalue weighted by atomic mass is 9.81. The highest BCUT2D eigenvalue weighted by atomic mass is 32.2. The first-order valence-electron chi connectivity index (χ1n) is 6.48. The Morgan fingerprint density at radius 2 is 1.86 bits per heavy atom. The molecular weight excluding hydrogens is 292 g/mol. The highest BCUT2D eigenvalue weighted by molar-refractivity contribution is 7.90. The van der Waals surface area contributed by atoms with Crippen LogP contribution in [0.1, 0.15) is 12.8 Å². The van der Waals surface area contributed by atoms with Crippen molar-refractivity contribution < 1.29 is 17.9 Å². The Labute approximate surface area is 123 Å². The number of carbonyl (C=O) groups is 1. The quantitative estimate of drug-likeness (QED) is 0.909. The Morgan fingerprint density at radius 1 is 1.29 bits per heavy atom. The lowest BCUT2D eigenvalue weighted by molar-refractivity contribution is -0.126. The molecule has 1 heterocycles. The maximum absolute atomic E-state index is 12.3. The lowest BCUT2D eigenvalue weighted by Crippen LogP contribution is -2.39.